The summed E-state index contributed by atoms with van der Waals surface area (Å²) in [6.45, 7) is 3.55. The molecule has 2 fully saturated rings. The number of hydrogen-bond donors (Lipinski definition) is 0. The number of fused-ring (bicyclic) bond motifs is 1. The molecule has 3 aromatic rings. The molecule has 3 aromatic carbocycles. The highest BCUT2D eigenvalue weighted by Gasteiger charge is 2.51. The number of hydrogen-bond acceptors (Lipinski definition) is 3. The van der Waals surface area contributed by atoms with Crippen molar-refractivity contribution in [2.45, 2.75) is 63.1 Å². The summed E-state index contributed by atoms with van der Waals surface area (Å²) in [4.78, 5) is 14.4. The Balaban J connectivity index is 1.62. The minimum absolute atomic E-state index is 0.105. The van der Waals surface area contributed by atoms with Gasteiger partial charge >= 0.3 is 18.4 Å². The summed E-state index contributed by atoms with van der Waals surface area (Å²) in [6.07, 6.45) is -10.6. The van der Waals surface area contributed by atoms with Crippen LogP contribution in [-0.4, -0.2) is 24.1 Å². The number of methoxy groups -OCH3 is 1. The zero-order valence-electron chi connectivity index (χ0n) is 22.2. The lowest BCUT2D eigenvalue weighted by molar-refractivity contribution is -0.138. The van der Waals surface area contributed by atoms with E-state index in [1.807, 2.05) is 0 Å². The summed E-state index contributed by atoms with van der Waals surface area (Å²) in [6, 6.07) is 8.77. The van der Waals surface area contributed by atoms with Gasteiger partial charge in [-0.15, -0.1) is 0 Å². The molecule has 5 rings (SSSR count). The van der Waals surface area contributed by atoms with Crippen LogP contribution in [-0.2, 0) is 17.1 Å². The monoisotopic (exact) mass is 581 g/mol. The van der Waals surface area contributed by atoms with E-state index in [-0.39, 0.29) is 35.6 Å². The van der Waals surface area contributed by atoms with Crippen molar-refractivity contribution in [2.24, 2.45) is 0 Å². The van der Waals surface area contributed by atoms with E-state index in [1.165, 1.54) is 42.3 Å². The van der Waals surface area contributed by atoms with Gasteiger partial charge in [-0.3, -0.25) is 4.90 Å². The van der Waals surface area contributed by atoms with E-state index in [2.05, 4.69) is 0 Å². The van der Waals surface area contributed by atoms with Crippen LogP contribution >= 0.6 is 0 Å². The lowest BCUT2D eigenvalue weighted by Gasteiger charge is -2.26. The van der Waals surface area contributed by atoms with Crippen LogP contribution in [0.3, 0.4) is 0 Å². The summed E-state index contributed by atoms with van der Waals surface area (Å²) in [5.74, 6) is -0.662. The lowest BCUT2D eigenvalue weighted by atomic mass is 9.89. The van der Waals surface area contributed by atoms with Gasteiger partial charge in [-0.25, -0.2) is 9.18 Å². The molecule has 4 nitrogen and oxygen atoms in total. The number of benzene rings is 3. The van der Waals surface area contributed by atoms with E-state index in [9.17, 15) is 35.5 Å². The molecule has 2 aliphatic rings. The predicted octanol–water partition coefficient (Wildman–Crippen LogP) is 9.06. The highest BCUT2D eigenvalue weighted by molar-refractivity contribution is 5.78. The zero-order chi connectivity index (χ0) is 29.9. The van der Waals surface area contributed by atoms with E-state index in [4.69, 9.17) is 9.47 Å². The number of nitrogens with zero attached hydrogens (tertiary/aromatic N) is 1. The second-order valence-corrected chi connectivity index (χ2v) is 10.5. The van der Waals surface area contributed by atoms with Gasteiger partial charge in [-0.1, -0.05) is 32.0 Å². The molecule has 1 unspecified atom stereocenters. The Labute approximate surface area is 231 Å². The maximum Gasteiger partial charge on any atom is 0.416 e. The second kappa shape index (κ2) is 10.3. The highest BCUT2D eigenvalue weighted by Crippen LogP contribution is 2.51. The van der Waals surface area contributed by atoms with E-state index in [0.29, 0.717) is 16.7 Å². The molecule has 0 N–H and O–H groups in total. The van der Waals surface area contributed by atoms with Crippen molar-refractivity contribution in [3.05, 3.63) is 88.2 Å². The Morgan fingerprint density at radius 3 is 2.22 bits per heavy atom. The van der Waals surface area contributed by atoms with Gasteiger partial charge in [-0.05, 0) is 71.3 Å². The summed E-state index contributed by atoms with van der Waals surface area (Å²) in [5.41, 5.74) is -0.531. The van der Waals surface area contributed by atoms with Crippen LogP contribution in [0.5, 0.6) is 5.75 Å². The average Bonchev–Trinajstić information content (AvgIpc) is 3.48. The maximum absolute atomic E-state index is 14.8. The fourth-order valence-corrected chi connectivity index (χ4v) is 5.79. The zero-order valence-corrected chi connectivity index (χ0v) is 22.2. The minimum Gasteiger partial charge on any atom is -0.496 e. The van der Waals surface area contributed by atoms with Gasteiger partial charge in [-0.2, -0.15) is 26.3 Å². The number of amides is 1. The third-order valence-corrected chi connectivity index (χ3v) is 7.73. The van der Waals surface area contributed by atoms with Crippen LogP contribution in [0.25, 0.3) is 11.1 Å². The Bertz CT molecular complexity index is 1480. The van der Waals surface area contributed by atoms with Gasteiger partial charge in [0.05, 0.1) is 30.3 Å². The van der Waals surface area contributed by atoms with Crippen molar-refractivity contribution in [1.29, 1.82) is 0 Å². The Kier molecular flexibility index (Phi) is 7.19. The number of rotatable bonds is 5. The molecule has 41 heavy (non-hydrogen) atoms. The standard InChI is InChI=1S/C30H26F7NO3/c1-15(2)20-13-22(26(40-3)14-23(20)31)19-8-7-18(30(35,36)37)12-21(19)24-9-10-25-27(41-28(39)38(24)25)16-5-4-6-17(11-16)29(32,33)34/h4-8,11-15,24-25,27H,9-10H2,1-3H3/t24-,25?,27+/m0/s1. The quantitative estimate of drug-likeness (QED) is 0.282. The second-order valence-electron chi connectivity index (χ2n) is 10.5. The first-order chi connectivity index (χ1) is 19.2. The highest BCUT2D eigenvalue weighted by atomic mass is 19.4. The van der Waals surface area contributed by atoms with Crippen molar-refractivity contribution in [2.75, 3.05) is 7.11 Å². The molecule has 0 aliphatic carbocycles. The van der Waals surface area contributed by atoms with Gasteiger partial charge < -0.3 is 9.47 Å². The first-order valence-corrected chi connectivity index (χ1v) is 13.0. The van der Waals surface area contributed by atoms with Crippen LogP contribution < -0.4 is 4.74 Å². The topological polar surface area (TPSA) is 38.8 Å². The van der Waals surface area contributed by atoms with Crippen molar-refractivity contribution in [3.63, 3.8) is 0 Å². The molecule has 0 saturated carbocycles. The molecule has 1 amide bonds. The van der Waals surface area contributed by atoms with Crippen LogP contribution in [0, 0.1) is 5.82 Å². The summed E-state index contributed by atoms with van der Waals surface area (Å²) in [7, 11) is 1.32. The minimum atomic E-state index is -4.69. The first-order valence-electron chi connectivity index (χ1n) is 13.0. The lowest BCUT2D eigenvalue weighted by Crippen LogP contribution is -2.31. The van der Waals surface area contributed by atoms with Crippen LogP contribution in [0.1, 0.15) is 72.6 Å². The fourth-order valence-electron chi connectivity index (χ4n) is 5.79. The smallest absolute Gasteiger partial charge is 0.416 e. The third-order valence-electron chi connectivity index (χ3n) is 7.73. The SMILES string of the molecule is COc1cc(F)c(C(C)C)cc1-c1ccc(C(F)(F)F)cc1[C@@H]1CCC2[C@@H](c3cccc(C(F)(F)F)c3)OC(=O)N21. The summed E-state index contributed by atoms with van der Waals surface area (Å²) >= 11 is 0. The molecule has 0 aromatic heterocycles. The molecule has 0 radical (unpaired) electrons. The molecule has 2 heterocycles. The third kappa shape index (κ3) is 5.22. The maximum atomic E-state index is 14.8. The molecular weight excluding hydrogens is 555 g/mol. The van der Waals surface area contributed by atoms with E-state index in [0.717, 1.165) is 24.3 Å². The van der Waals surface area contributed by atoms with Gasteiger partial charge in [0.2, 0.25) is 0 Å². The number of alkyl halides is 6. The molecule has 0 spiro atoms. The first kappa shape index (κ1) is 28.8. The van der Waals surface area contributed by atoms with Gasteiger partial charge in [0.25, 0.3) is 0 Å². The molecule has 2 saturated heterocycles. The predicted molar refractivity (Wildman–Crippen MR) is 136 cm³/mol. The average molecular weight is 582 g/mol. The number of halogens is 7. The number of carbonyl (C=O) groups excluding carboxylic acids is 1. The van der Waals surface area contributed by atoms with Crippen molar-refractivity contribution in [3.8, 4) is 16.9 Å². The summed E-state index contributed by atoms with van der Waals surface area (Å²) < 4.78 is 107. The van der Waals surface area contributed by atoms with Gasteiger partial charge in [0, 0.05) is 11.6 Å². The molecule has 218 valence electrons. The Morgan fingerprint density at radius 1 is 0.902 bits per heavy atom. The van der Waals surface area contributed by atoms with E-state index in [1.54, 1.807) is 13.8 Å². The number of ether oxygens (including phenoxy) is 2. The van der Waals surface area contributed by atoms with Gasteiger partial charge in [0.1, 0.15) is 17.7 Å². The van der Waals surface area contributed by atoms with Crippen LogP contribution in [0.15, 0.2) is 54.6 Å². The van der Waals surface area contributed by atoms with Crippen LogP contribution in [0.4, 0.5) is 35.5 Å². The molecule has 11 heteroatoms. The van der Waals surface area contributed by atoms with Crippen molar-refractivity contribution < 1.29 is 45.0 Å². The molecular formula is C30H26F7NO3. The molecule has 0 bridgehead atoms. The van der Waals surface area contributed by atoms with Gasteiger partial charge in [0.15, 0.2) is 0 Å². The Hall–Kier alpha value is -3.76. The van der Waals surface area contributed by atoms with E-state index >= 15 is 0 Å². The number of cyclic esters (lactones) is 1. The normalized spacial score (nSPS) is 20.9. The van der Waals surface area contributed by atoms with E-state index < -0.39 is 53.6 Å². The Morgan fingerprint density at radius 2 is 1.59 bits per heavy atom. The largest absolute Gasteiger partial charge is 0.496 e. The van der Waals surface area contributed by atoms with Crippen molar-refractivity contribution in [1.82, 2.24) is 4.90 Å². The fraction of sp³-hybridized carbons (Fsp3) is 0.367. The van der Waals surface area contributed by atoms with Crippen LogP contribution in [0.2, 0.25) is 0 Å². The molecule has 3 atom stereocenters. The molecule has 2 aliphatic heterocycles. The number of carbonyl (C=O) groups is 1. The summed E-state index contributed by atoms with van der Waals surface area (Å²) in [5, 5.41) is 0. The van der Waals surface area contributed by atoms with Crippen molar-refractivity contribution >= 4 is 6.09 Å².